The fourth-order valence-electron chi connectivity index (χ4n) is 7.47. The molecule has 3 nitrogen and oxygen atoms in total. The summed E-state index contributed by atoms with van der Waals surface area (Å²) < 4.78 is 8.80. The Labute approximate surface area is 276 Å². The lowest BCUT2D eigenvalue weighted by Gasteiger charge is -2.33. The van der Waals surface area contributed by atoms with Gasteiger partial charge in [0.1, 0.15) is 17.3 Å². The van der Waals surface area contributed by atoms with Crippen molar-refractivity contribution in [2.45, 2.75) is 92.9 Å². The van der Waals surface area contributed by atoms with Crippen molar-refractivity contribution in [3.05, 3.63) is 125 Å². The number of hydrogen-bond acceptors (Lipinski definition) is 2. The molecule has 5 aromatic rings. The number of aryl methyl sites for hydroxylation is 3. The maximum absolute atomic E-state index is 6.45. The lowest BCUT2D eigenvalue weighted by Crippen LogP contribution is -2.24. The first-order valence-electron chi connectivity index (χ1n) is 17.1. The number of aromatic nitrogens is 2. The molecule has 0 aliphatic carbocycles. The van der Waals surface area contributed by atoms with Gasteiger partial charge in [-0.2, -0.15) is 0 Å². The van der Waals surface area contributed by atoms with Gasteiger partial charge in [-0.25, -0.2) is 4.98 Å². The van der Waals surface area contributed by atoms with Gasteiger partial charge in [0.25, 0.3) is 0 Å². The molecule has 0 fully saturated rings. The first-order valence-corrected chi connectivity index (χ1v) is 17.1. The zero-order chi connectivity index (χ0) is 33.0. The van der Waals surface area contributed by atoms with Gasteiger partial charge in [-0.3, -0.25) is 4.57 Å². The van der Waals surface area contributed by atoms with E-state index in [-0.39, 0.29) is 5.41 Å². The van der Waals surface area contributed by atoms with Gasteiger partial charge in [-0.15, -0.1) is 0 Å². The lowest BCUT2D eigenvalue weighted by molar-refractivity contribution is 0.382. The molecule has 0 aliphatic rings. The topological polar surface area (TPSA) is 31.0 Å². The Morgan fingerprint density at radius 1 is 0.870 bits per heavy atom. The van der Waals surface area contributed by atoms with Gasteiger partial charge in [0.15, 0.2) is 0 Å². The zero-order valence-corrected chi connectivity index (χ0v) is 29.1. The molecule has 0 N–H and O–H groups in total. The van der Waals surface area contributed by atoms with Crippen LogP contribution >= 0.6 is 0 Å². The Balaban J connectivity index is 1.79. The molecule has 238 valence electrons. The lowest BCUT2D eigenvalue weighted by atomic mass is 9.71. The average Bonchev–Trinajstić information content (AvgIpc) is 3.70. The highest BCUT2D eigenvalue weighted by Crippen LogP contribution is 2.45. The summed E-state index contributed by atoms with van der Waals surface area (Å²) in [5.41, 5.74) is 13.5. The van der Waals surface area contributed by atoms with Gasteiger partial charge in [0.2, 0.25) is 0 Å². The summed E-state index contributed by atoms with van der Waals surface area (Å²) in [4.78, 5) is 5.12. The monoisotopic (exact) mass is 610 g/mol. The maximum Gasteiger partial charge on any atom is 0.144 e. The number of benzene rings is 3. The van der Waals surface area contributed by atoms with E-state index in [0.717, 1.165) is 77.3 Å². The number of hydrogen-bond donors (Lipinski definition) is 0. The third-order valence-electron chi connectivity index (χ3n) is 10.3. The largest absolute Gasteiger partial charge is 0.460 e. The maximum atomic E-state index is 6.45. The van der Waals surface area contributed by atoms with Crippen molar-refractivity contribution in [3.63, 3.8) is 0 Å². The van der Waals surface area contributed by atoms with E-state index < -0.39 is 0 Å². The number of imidazole rings is 1. The number of furan rings is 1. The first kappa shape index (κ1) is 33.0. The van der Waals surface area contributed by atoms with Crippen LogP contribution in [0, 0.1) is 13.8 Å². The summed E-state index contributed by atoms with van der Waals surface area (Å²) in [7, 11) is 0. The molecule has 3 aromatic carbocycles. The van der Waals surface area contributed by atoms with Crippen LogP contribution in [-0.4, -0.2) is 9.55 Å². The van der Waals surface area contributed by atoms with Crippen molar-refractivity contribution in [2.75, 3.05) is 0 Å². The third-order valence-corrected chi connectivity index (χ3v) is 10.3. The van der Waals surface area contributed by atoms with Crippen LogP contribution in [0.4, 0.5) is 0 Å². The molecule has 0 saturated heterocycles. The molecule has 0 atom stereocenters. The van der Waals surface area contributed by atoms with Gasteiger partial charge >= 0.3 is 0 Å². The summed E-state index contributed by atoms with van der Waals surface area (Å²) in [6, 6.07) is 22.2. The van der Waals surface area contributed by atoms with Crippen molar-refractivity contribution in [1.82, 2.24) is 9.55 Å². The number of rotatable bonds is 12. The second-order valence-electron chi connectivity index (χ2n) is 12.4. The van der Waals surface area contributed by atoms with Crippen molar-refractivity contribution in [2.24, 2.45) is 0 Å². The normalized spacial score (nSPS) is 12.1. The molecule has 0 aliphatic heterocycles. The van der Waals surface area contributed by atoms with E-state index in [1.807, 2.05) is 18.3 Å². The van der Waals surface area contributed by atoms with Gasteiger partial charge in [-0.05, 0) is 110 Å². The second-order valence-corrected chi connectivity index (χ2v) is 12.4. The van der Waals surface area contributed by atoms with Crippen LogP contribution < -0.4 is 0 Å². The van der Waals surface area contributed by atoms with E-state index in [2.05, 4.69) is 133 Å². The van der Waals surface area contributed by atoms with Crippen LogP contribution in [0.2, 0.25) is 0 Å². The van der Waals surface area contributed by atoms with Crippen molar-refractivity contribution < 1.29 is 4.42 Å². The van der Waals surface area contributed by atoms with E-state index in [9.17, 15) is 0 Å². The Morgan fingerprint density at radius 2 is 1.52 bits per heavy atom. The van der Waals surface area contributed by atoms with E-state index >= 15 is 0 Å². The van der Waals surface area contributed by atoms with Gasteiger partial charge in [-0.1, -0.05) is 95.8 Å². The Hall–Kier alpha value is -4.37. The molecule has 0 bridgehead atoms. The minimum Gasteiger partial charge on any atom is -0.460 e. The molecular weight excluding hydrogens is 560 g/mol. The molecule has 3 heteroatoms. The van der Waals surface area contributed by atoms with Crippen LogP contribution in [0.25, 0.3) is 45.1 Å². The fourth-order valence-corrected chi connectivity index (χ4v) is 7.47. The van der Waals surface area contributed by atoms with Crippen LogP contribution in [-0.2, 0) is 18.3 Å². The molecule has 0 amide bonds. The first-order chi connectivity index (χ1) is 22.3. The van der Waals surface area contributed by atoms with Crippen LogP contribution in [0.15, 0.2) is 96.2 Å². The van der Waals surface area contributed by atoms with Gasteiger partial charge in [0.05, 0.1) is 5.69 Å². The second kappa shape index (κ2) is 14.0. The molecular formula is C43H50N2O. The molecule has 2 heterocycles. The van der Waals surface area contributed by atoms with E-state index in [4.69, 9.17) is 9.40 Å². The summed E-state index contributed by atoms with van der Waals surface area (Å²) in [6.45, 7) is 21.9. The third kappa shape index (κ3) is 5.73. The van der Waals surface area contributed by atoms with E-state index in [0.29, 0.717) is 0 Å². The molecule has 0 unspecified atom stereocenters. The molecule has 0 spiro atoms. The number of allylic oxidation sites excluding steroid dienone is 3. The molecule has 46 heavy (non-hydrogen) atoms. The molecule has 2 aromatic heterocycles. The van der Waals surface area contributed by atoms with Gasteiger partial charge < -0.3 is 4.42 Å². The molecule has 5 rings (SSSR count). The highest BCUT2D eigenvalue weighted by atomic mass is 16.3. The Bertz CT molecular complexity index is 1830. The Kier molecular flexibility index (Phi) is 10.0. The van der Waals surface area contributed by atoms with Crippen LogP contribution in [0.3, 0.4) is 0 Å². The van der Waals surface area contributed by atoms with E-state index in [1.54, 1.807) is 0 Å². The zero-order valence-electron chi connectivity index (χ0n) is 29.1. The highest BCUT2D eigenvalue weighted by molar-refractivity contribution is 5.82. The standard InChI is InChI=1S/C43H50N2O/c1-10-31(11-2)36-26-32(12-3)40(33(13-4)27-36)45-25-24-44-42(45)37-28-35(22-23-38(37)43(14-5,15-6)16-7)39-29(8)41(46-30(39)9)34-20-18-17-19-21-34/h10-11,17-28H,1,12-16H2,2-9H3/b31-11+. The highest BCUT2D eigenvalue weighted by Gasteiger charge is 2.31. The SMILES string of the molecule is C=C/C(=C\C)c1cc(CC)c(-n2ccnc2-c2cc(-c3c(C)oc(-c4ccccc4)c3C)ccc2C(CC)(CC)CC)c(CC)c1. The summed E-state index contributed by atoms with van der Waals surface area (Å²) in [6.07, 6.45) is 13.3. The summed E-state index contributed by atoms with van der Waals surface area (Å²) in [5, 5.41) is 0. The van der Waals surface area contributed by atoms with Crippen LogP contribution in [0.5, 0.6) is 0 Å². The van der Waals surface area contributed by atoms with Crippen molar-refractivity contribution in [3.8, 4) is 39.5 Å². The molecule has 0 radical (unpaired) electrons. The predicted octanol–water partition coefficient (Wildman–Crippen LogP) is 12.3. The van der Waals surface area contributed by atoms with Crippen LogP contribution in [0.1, 0.15) is 94.4 Å². The average molecular weight is 611 g/mol. The van der Waals surface area contributed by atoms with Crippen molar-refractivity contribution in [1.29, 1.82) is 0 Å². The minimum absolute atomic E-state index is 0.0517. The Morgan fingerprint density at radius 3 is 2.09 bits per heavy atom. The van der Waals surface area contributed by atoms with Gasteiger partial charge in [0, 0.05) is 34.6 Å². The smallest absolute Gasteiger partial charge is 0.144 e. The fraction of sp³-hybridized carbons (Fsp3) is 0.326. The summed E-state index contributed by atoms with van der Waals surface area (Å²) >= 11 is 0. The predicted molar refractivity (Wildman–Crippen MR) is 197 cm³/mol. The minimum atomic E-state index is 0.0517. The van der Waals surface area contributed by atoms with Crippen molar-refractivity contribution >= 4 is 5.57 Å². The summed E-state index contributed by atoms with van der Waals surface area (Å²) in [5.74, 6) is 2.86. The van der Waals surface area contributed by atoms with E-state index in [1.165, 1.54) is 33.5 Å². The quantitative estimate of drug-likeness (QED) is 0.132. The molecule has 0 saturated carbocycles. The number of nitrogens with zero attached hydrogens (tertiary/aromatic N) is 2.